The summed E-state index contributed by atoms with van der Waals surface area (Å²) in [6.45, 7) is 0.157. The van der Waals surface area contributed by atoms with Crippen molar-refractivity contribution in [2.75, 3.05) is 25.5 Å². The van der Waals surface area contributed by atoms with E-state index in [1.54, 1.807) is 7.05 Å². The van der Waals surface area contributed by atoms with Gasteiger partial charge in [-0.25, -0.2) is 0 Å². The molecule has 0 saturated carbocycles. The van der Waals surface area contributed by atoms with Crippen molar-refractivity contribution >= 4 is 17.6 Å². The molecule has 116 valence electrons. The van der Waals surface area contributed by atoms with E-state index in [1.165, 1.54) is 4.90 Å². The molecule has 0 saturated heterocycles. The average molecular weight is 304 g/mol. The van der Waals surface area contributed by atoms with E-state index in [0.717, 1.165) is 24.3 Å². The van der Waals surface area contributed by atoms with Gasteiger partial charge in [0, 0.05) is 12.2 Å². The van der Waals surface area contributed by atoms with E-state index < -0.39 is 23.6 Å². The van der Waals surface area contributed by atoms with Gasteiger partial charge in [-0.1, -0.05) is 0 Å². The zero-order chi connectivity index (χ0) is 16.0. The van der Waals surface area contributed by atoms with Crippen molar-refractivity contribution in [1.29, 1.82) is 0 Å². The molecule has 0 heterocycles. The van der Waals surface area contributed by atoms with Crippen LogP contribution in [0.3, 0.4) is 0 Å². The Labute approximate surface area is 119 Å². The Bertz CT molecular complexity index is 500. The summed E-state index contributed by atoms with van der Waals surface area (Å²) in [6, 6.07) is 4.09. The maximum Gasteiger partial charge on any atom is 0.416 e. The number of aliphatic carboxylic acids is 1. The molecule has 0 aromatic heterocycles. The van der Waals surface area contributed by atoms with Gasteiger partial charge in [0.05, 0.1) is 18.5 Å². The number of carboxylic acid groups (broad SMARTS) is 1. The molecule has 0 bridgehead atoms. The molecule has 5 nitrogen and oxygen atoms in total. The van der Waals surface area contributed by atoms with Gasteiger partial charge in [-0.2, -0.15) is 13.2 Å². The van der Waals surface area contributed by atoms with Gasteiger partial charge in [0.15, 0.2) is 0 Å². The minimum Gasteiger partial charge on any atom is -0.481 e. The minimum absolute atomic E-state index is 0.0473. The first-order chi connectivity index (χ1) is 9.68. The van der Waals surface area contributed by atoms with Crippen LogP contribution in [0.1, 0.15) is 12.0 Å². The van der Waals surface area contributed by atoms with Crippen LogP contribution >= 0.6 is 0 Å². The monoisotopic (exact) mass is 304 g/mol. The van der Waals surface area contributed by atoms with Gasteiger partial charge in [-0.15, -0.1) is 0 Å². The topological polar surface area (TPSA) is 69.6 Å². The second-order valence-corrected chi connectivity index (χ2v) is 4.50. The number of nitrogens with zero attached hydrogens (tertiary/aromatic N) is 1. The lowest BCUT2D eigenvalue weighted by atomic mass is 10.2. The van der Waals surface area contributed by atoms with Gasteiger partial charge in [0.25, 0.3) is 0 Å². The molecule has 1 aromatic carbocycles. The van der Waals surface area contributed by atoms with Crippen LogP contribution in [-0.4, -0.2) is 42.0 Å². The number of anilines is 1. The molecule has 0 aliphatic heterocycles. The number of alkyl halides is 3. The molecule has 1 rings (SSSR count). The number of rotatable bonds is 6. The second kappa shape index (κ2) is 7.07. The first-order valence-corrected chi connectivity index (χ1v) is 6.06. The number of hydrogen-bond acceptors (Lipinski definition) is 3. The summed E-state index contributed by atoms with van der Waals surface area (Å²) in [5.41, 5.74) is -0.543. The molecule has 0 unspecified atom stereocenters. The van der Waals surface area contributed by atoms with Crippen molar-refractivity contribution in [1.82, 2.24) is 4.90 Å². The Balaban J connectivity index is 2.49. The van der Waals surface area contributed by atoms with Crippen molar-refractivity contribution in [3.05, 3.63) is 29.8 Å². The Hall–Kier alpha value is -2.09. The van der Waals surface area contributed by atoms with Crippen LogP contribution in [0.2, 0.25) is 0 Å². The van der Waals surface area contributed by atoms with Crippen molar-refractivity contribution in [3.63, 3.8) is 0 Å². The summed E-state index contributed by atoms with van der Waals surface area (Å²) in [4.78, 5) is 23.5. The fraction of sp³-hybridized carbons (Fsp3) is 0.385. The van der Waals surface area contributed by atoms with Crippen molar-refractivity contribution in [2.24, 2.45) is 0 Å². The lowest BCUT2D eigenvalue weighted by molar-refractivity contribution is -0.138. The summed E-state index contributed by atoms with van der Waals surface area (Å²) in [7, 11) is 1.58. The highest BCUT2D eigenvalue weighted by Crippen LogP contribution is 2.29. The Morgan fingerprint density at radius 1 is 1.24 bits per heavy atom. The quantitative estimate of drug-likeness (QED) is 0.844. The number of carboxylic acids is 1. The lowest BCUT2D eigenvalue weighted by Crippen LogP contribution is -2.31. The first-order valence-electron chi connectivity index (χ1n) is 6.06. The second-order valence-electron chi connectivity index (χ2n) is 4.50. The molecular formula is C13H15F3N2O3. The predicted octanol–water partition coefficient (Wildman–Crippen LogP) is 2.05. The van der Waals surface area contributed by atoms with E-state index in [2.05, 4.69) is 5.32 Å². The van der Waals surface area contributed by atoms with Crippen molar-refractivity contribution in [3.8, 4) is 0 Å². The third-order valence-electron chi connectivity index (χ3n) is 2.62. The zero-order valence-corrected chi connectivity index (χ0v) is 11.3. The van der Waals surface area contributed by atoms with Crippen LogP contribution < -0.4 is 5.32 Å². The fourth-order valence-electron chi connectivity index (χ4n) is 1.55. The zero-order valence-electron chi connectivity index (χ0n) is 11.3. The number of carbonyl (C=O) groups is 2. The number of nitrogens with one attached hydrogen (secondary N) is 1. The molecule has 0 fully saturated rings. The summed E-state index contributed by atoms with van der Waals surface area (Å²) < 4.78 is 37.1. The summed E-state index contributed by atoms with van der Waals surface area (Å²) >= 11 is 0. The van der Waals surface area contributed by atoms with Crippen LogP contribution in [0, 0.1) is 0 Å². The number of hydrogen-bond donors (Lipinski definition) is 2. The van der Waals surface area contributed by atoms with Gasteiger partial charge < -0.3 is 10.4 Å². The standard InChI is InChI=1S/C13H15F3N2O3/c1-18(7-6-12(20)21)8-11(19)17-10-4-2-9(3-5-10)13(14,15)16/h2-5H,6-8H2,1H3,(H,17,19)(H,20,21). The van der Waals surface area contributed by atoms with Crippen molar-refractivity contribution in [2.45, 2.75) is 12.6 Å². The highest BCUT2D eigenvalue weighted by atomic mass is 19.4. The smallest absolute Gasteiger partial charge is 0.416 e. The number of halogens is 3. The maximum absolute atomic E-state index is 12.4. The highest BCUT2D eigenvalue weighted by molar-refractivity contribution is 5.92. The van der Waals surface area contributed by atoms with Crippen LogP contribution in [0.25, 0.3) is 0 Å². The van der Waals surface area contributed by atoms with E-state index in [9.17, 15) is 22.8 Å². The molecule has 0 atom stereocenters. The third-order valence-corrected chi connectivity index (χ3v) is 2.62. The van der Waals surface area contributed by atoms with Gasteiger partial charge in [0.1, 0.15) is 0 Å². The molecule has 0 aliphatic rings. The van der Waals surface area contributed by atoms with E-state index in [-0.39, 0.29) is 25.2 Å². The molecule has 0 radical (unpaired) electrons. The van der Waals surface area contributed by atoms with Gasteiger partial charge in [0.2, 0.25) is 5.91 Å². The summed E-state index contributed by atoms with van der Waals surface area (Å²) in [5.74, 6) is -1.40. The van der Waals surface area contributed by atoms with Crippen LogP contribution in [0.4, 0.5) is 18.9 Å². The van der Waals surface area contributed by atoms with Crippen LogP contribution in [-0.2, 0) is 15.8 Å². The molecule has 2 N–H and O–H groups in total. The third kappa shape index (κ3) is 6.26. The fourth-order valence-corrected chi connectivity index (χ4v) is 1.55. The SMILES string of the molecule is CN(CCC(=O)O)CC(=O)Nc1ccc(C(F)(F)F)cc1. The number of benzene rings is 1. The van der Waals surface area contributed by atoms with Gasteiger partial charge in [-0.05, 0) is 31.3 Å². The minimum atomic E-state index is -4.42. The molecule has 21 heavy (non-hydrogen) atoms. The number of likely N-dealkylation sites (N-methyl/N-ethyl adjacent to an activating group) is 1. The lowest BCUT2D eigenvalue weighted by Gasteiger charge is -2.15. The molecule has 0 spiro atoms. The largest absolute Gasteiger partial charge is 0.481 e. The molecule has 8 heteroatoms. The van der Waals surface area contributed by atoms with E-state index in [1.807, 2.05) is 0 Å². The molecular weight excluding hydrogens is 289 g/mol. The predicted molar refractivity (Wildman–Crippen MR) is 69.8 cm³/mol. The normalized spacial score (nSPS) is 11.5. The van der Waals surface area contributed by atoms with Gasteiger partial charge in [-0.3, -0.25) is 14.5 Å². The highest BCUT2D eigenvalue weighted by Gasteiger charge is 2.29. The van der Waals surface area contributed by atoms with Crippen LogP contribution in [0.5, 0.6) is 0 Å². The van der Waals surface area contributed by atoms with Crippen molar-refractivity contribution < 1.29 is 27.9 Å². The van der Waals surface area contributed by atoms with Gasteiger partial charge >= 0.3 is 12.1 Å². The summed E-state index contributed by atoms with van der Waals surface area (Å²) in [6.07, 6.45) is -4.51. The Kier molecular flexibility index (Phi) is 5.71. The number of carbonyl (C=O) groups excluding carboxylic acids is 1. The maximum atomic E-state index is 12.4. The molecule has 1 amide bonds. The molecule has 0 aliphatic carbocycles. The first kappa shape index (κ1) is 17.0. The average Bonchev–Trinajstić information content (AvgIpc) is 2.35. The van der Waals surface area contributed by atoms with E-state index in [0.29, 0.717) is 0 Å². The van der Waals surface area contributed by atoms with Crippen LogP contribution in [0.15, 0.2) is 24.3 Å². The molecule has 1 aromatic rings. The van der Waals surface area contributed by atoms with E-state index in [4.69, 9.17) is 5.11 Å². The van der Waals surface area contributed by atoms with E-state index >= 15 is 0 Å². The Morgan fingerprint density at radius 3 is 2.29 bits per heavy atom. The Morgan fingerprint density at radius 2 is 1.81 bits per heavy atom. The summed E-state index contributed by atoms with van der Waals surface area (Å²) in [5, 5.41) is 10.9. The number of amides is 1.